The van der Waals surface area contributed by atoms with Crippen LogP contribution in [-0.4, -0.2) is 52.1 Å². The molecule has 1 amide bonds. The molecular formula is C17H20N4O2S. The van der Waals surface area contributed by atoms with E-state index >= 15 is 0 Å². The molecule has 1 N–H and O–H groups in total. The summed E-state index contributed by atoms with van der Waals surface area (Å²) in [7, 11) is 0. The molecule has 0 unspecified atom stereocenters. The van der Waals surface area contributed by atoms with Crippen molar-refractivity contribution in [2.24, 2.45) is 0 Å². The molecule has 2 aliphatic rings. The van der Waals surface area contributed by atoms with Crippen LogP contribution in [-0.2, 0) is 4.74 Å². The lowest BCUT2D eigenvalue weighted by atomic mass is 9.88. The first-order valence-electron chi connectivity index (χ1n) is 8.24. The summed E-state index contributed by atoms with van der Waals surface area (Å²) >= 11 is 1.50. The van der Waals surface area contributed by atoms with Gasteiger partial charge in [0.25, 0.3) is 5.91 Å². The van der Waals surface area contributed by atoms with E-state index in [1.165, 1.54) is 11.3 Å². The third-order valence-corrected chi connectivity index (χ3v) is 5.52. The van der Waals surface area contributed by atoms with Gasteiger partial charge >= 0.3 is 0 Å². The van der Waals surface area contributed by atoms with Crippen molar-refractivity contribution in [1.29, 1.82) is 0 Å². The topological polar surface area (TPSA) is 67.4 Å². The lowest BCUT2D eigenvalue weighted by molar-refractivity contribution is -0.0446. The molecule has 1 spiro atoms. The zero-order valence-electron chi connectivity index (χ0n) is 13.4. The number of likely N-dealkylation sites (tertiary alicyclic amines) is 1. The van der Waals surface area contributed by atoms with Gasteiger partial charge in [0.05, 0.1) is 29.7 Å². The van der Waals surface area contributed by atoms with E-state index in [0.717, 1.165) is 30.7 Å². The van der Waals surface area contributed by atoms with Gasteiger partial charge < -0.3 is 15.0 Å². The van der Waals surface area contributed by atoms with E-state index in [0.29, 0.717) is 19.1 Å². The number of carbonyl (C=O) groups is 1. The summed E-state index contributed by atoms with van der Waals surface area (Å²) in [5, 5.41) is 5.28. The molecule has 4 rings (SSSR count). The molecule has 2 aromatic rings. The maximum absolute atomic E-state index is 12.6. The molecule has 4 heterocycles. The third-order valence-electron chi connectivity index (χ3n) is 4.67. The monoisotopic (exact) mass is 344 g/mol. The molecule has 2 aromatic heterocycles. The SMILES string of the molecule is O=C(c1cccs1)N1CCC[C@@]2(C[C@@H](Nc3ncccn3)CO2)C1. The lowest BCUT2D eigenvalue weighted by Crippen LogP contribution is -2.50. The van der Waals surface area contributed by atoms with Gasteiger partial charge in [-0.3, -0.25) is 4.79 Å². The summed E-state index contributed by atoms with van der Waals surface area (Å²) in [4.78, 5) is 23.8. The molecule has 0 radical (unpaired) electrons. The molecule has 0 aromatic carbocycles. The highest BCUT2D eigenvalue weighted by Gasteiger charge is 2.44. The van der Waals surface area contributed by atoms with Crippen LogP contribution < -0.4 is 5.32 Å². The number of anilines is 1. The van der Waals surface area contributed by atoms with Crippen molar-refractivity contribution < 1.29 is 9.53 Å². The molecule has 2 fully saturated rings. The summed E-state index contributed by atoms with van der Waals surface area (Å²) in [6.45, 7) is 2.10. The number of hydrogen-bond acceptors (Lipinski definition) is 6. The van der Waals surface area contributed by atoms with Crippen molar-refractivity contribution in [3.05, 3.63) is 40.8 Å². The van der Waals surface area contributed by atoms with Gasteiger partial charge in [0.1, 0.15) is 0 Å². The fraction of sp³-hybridized carbons (Fsp3) is 0.471. The number of nitrogens with one attached hydrogen (secondary N) is 1. The van der Waals surface area contributed by atoms with Crippen LogP contribution in [0.5, 0.6) is 0 Å². The average molecular weight is 344 g/mol. The van der Waals surface area contributed by atoms with Crippen molar-refractivity contribution in [3.8, 4) is 0 Å². The molecule has 0 saturated carbocycles. The Kier molecular flexibility index (Phi) is 4.20. The number of rotatable bonds is 3. The quantitative estimate of drug-likeness (QED) is 0.926. The Morgan fingerprint density at radius 2 is 2.25 bits per heavy atom. The Morgan fingerprint density at radius 1 is 1.38 bits per heavy atom. The first kappa shape index (κ1) is 15.5. The van der Waals surface area contributed by atoms with Gasteiger partial charge in [-0.25, -0.2) is 9.97 Å². The van der Waals surface area contributed by atoms with E-state index in [4.69, 9.17) is 4.74 Å². The summed E-state index contributed by atoms with van der Waals surface area (Å²) in [6, 6.07) is 5.79. The minimum Gasteiger partial charge on any atom is -0.371 e. The highest BCUT2D eigenvalue weighted by Crippen LogP contribution is 2.36. The molecule has 7 heteroatoms. The normalized spacial score (nSPS) is 26.7. The van der Waals surface area contributed by atoms with Gasteiger partial charge in [0.2, 0.25) is 5.95 Å². The maximum Gasteiger partial charge on any atom is 0.264 e. The standard InChI is InChI=1S/C17H20N4O2S/c22-15(14-4-1-9-24-14)21-8-2-5-17(12-21)10-13(11-23-17)20-16-18-6-3-7-19-16/h1,3-4,6-7,9,13H,2,5,8,10-12H2,(H,18,19,20)/t13-,17-/m1/s1. The predicted octanol–water partition coefficient (Wildman–Crippen LogP) is 2.41. The van der Waals surface area contributed by atoms with E-state index in [-0.39, 0.29) is 17.6 Å². The molecule has 126 valence electrons. The zero-order chi connectivity index (χ0) is 16.4. The zero-order valence-corrected chi connectivity index (χ0v) is 14.2. The van der Waals surface area contributed by atoms with Crippen molar-refractivity contribution in [2.75, 3.05) is 25.0 Å². The highest BCUT2D eigenvalue weighted by atomic mass is 32.1. The summed E-state index contributed by atoms with van der Waals surface area (Å²) in [6.07, 6.45) is 6.30. The molecule has 0 aliphatic carbocycles. The van der Waals surface area contributed by atoms with Crippen molar-refractivity contribution in [3.63, 3.8) is 0 Å². The van der Waals surface area contributed by atoms with E-state index in [9.17, 15) is 4.79 Å². The van der Waals surface area contributed by atoms with Crippen LogP contribution in [0.25, 0.3) is 0 Å². The highest BCUT2D eigenvalue weighted by molar-refractivity contribution is 7.12. The number of thiophene rings is 1. The number of hydrogen-bond donors (Lipinski definition) is 1. The van der Waals surface area contributed by atoms with Crippen molar-refractivity contribution >= 4 is 23.2 Å². The average Bonchev–Trinajstić information content (AvgIpc) is 3.26. The van der Waals surface area contributed by atoms with Crippen LogP contribution in [0.2, 0.25) is 0 Å². The lowest BCUT2D eigenvalue weighted by Gasteiger charge is -2.39. The van der Waals surface area contributed by atoms with Crippen molar-refractivity contribution in [2.45, 2.75) is 30.9 Å². The van der Waals surface area contributed by atoms with Gasteiger partial charge in [-0.1, -0.05) is 6.07 Å². The van der Waals surface area contributed by atoms with Gasteiger partial charge in [-0.2, -0.15) is 0 Å². The number of carbonyl (C=O) groups excluding carboxylic acids is 1. The van der Waals surface area contributed by atoms with E-state index < -0.39 is 0 Å². The van der Waals surface area contributed by atoms with E-state index in [1.54, 1.807) is 18.5 Å². The van der Waals surface area contributed by atoms with Crippen LogP contribution in [0, 0.1) is 0 Å². The van der Waals surface area contributed by atoms with Gasteiger partial charge in [-0.15, -0.1) is 11.3 Å². The van der Waals surface area contributed by atoms with Gasteiger partial charge in [0, 0.05) is 25.4 Å². The summed E-state index contributed by atoms with van der Waals surface area (Å²) < 4.78 is 6.16. The predicted molar refractivity (Wildman–Crippen MR) is 92.2 cm³/mol. The Hall–Kier alpha value is -1.99. The Labute approximate surface area is 144 Å². The maximum atomic E-state index is 12.6. The van der Waals surface area contributed by atoms with E-state index in [1.807, 2.05) is 22.4 Å². The molecule has 2 aliphatic heterocycles. The first-order valence-corrected chi connectivity index (χ1v) is 9.12. The molecule has 2 atom stereocenters. The number of aromatic nitrogens is 2. The Morgan fingerprint density at radius 3 is 3.04 bits per heavy atom. The second-order valence-electron chi connectivity index (χ2n) is 6.42. The van der Waals surface area contributed by atoms with E-state index in [2.05, 4.69) is 15.3 Å². The smallest absolute Gasteiger partial charge is 0.264 e. The first-order chi connectivity index (χ1) is 11.7. The molecular weight excluding hydrogens is 324 g/mol. The van der Waals surface area contributed by atoms with Crippen LogP contribution in [0.4, 0.5) is 5.95 Å². The fourth-order valence-corrected chi connectivity index (χ4v) is 4.30. The van der Waals surface area contributed by atoms with Crippen LogP contribution in [0.1, 0.15) is 28.9 Å². The van der Waals surface area contributed by atoms with Crippen LogP contribution in [0.15, 0.2) is 36.0 Å². The Bertz CT molecular complexity index is 694. The minimum atomic E-state index is -0.238. The number of piperidine rings is 1. The Balaban J connectivity index is 1.41. The summed E-state index contributed by atoms with van der Waals surface area (Å²) in [5.74, 6) is 0.751. The van der Waals surface area contributed by atoms with Crippen LogP contribution >= 0.6 is 11.3 Å². The molecule has 0 bridgehead atoms. The largest absolute Gasteiger partial charge is 0.371 e. The molecule has 6 nitrogen and oxygen atoms in total. The third kappa shape index (κ3) is 3.14. The number of amides is 1. The van der Waals surface area contributed by atoms with Crippen LogP contribution in [0.3, 0.4) is 0 Å². The fourth-order valence-electron chi connectivity index (χ4n) is 3.61. The van der Waals surface area contributed by atoms with Gasteiger partial charge in [0.15, 0.2) is 0 Å². The molecule has 2 saturated heterocycles. The van der Waals surface area contributed by atoms with Gasteiger partial charge in [-0.05, 0) is 30.4 Å². The number of nitrogens with zero attached hydrogens (tertiary/aromatic N) is 3. The second-order valence-corrected chi connectivity index (χ2v) is 7.37. The van der Waals surface area contributed by atoms with Crippen molar-refractivity contribution in [1.82, 2.24) is 14.9 Å². The molecule has 24 heavy (non-hydrogen) atoms. The number of ether oxygens (including phenoxy) is 1. The minimum absolute atomic E-state index is 0.121. The second kappa shape index (κ2) is 6.49. The summed E-state index contributed by atoms with van der Waals surface area (Å²) in [5.41, 5.74) is -0.238.